The molecule has 1 rings (SSSR count). The number of ketones is 1. The lowest BCUT2D eigenvalue weighted by atomic mass is 9.80. The maximum Gasteiger partial charge on any atom is 0.228 e. The summed E-state index contributed by atoms with van der Waals surface area (Å²) in [6.07, 6.45) is 1.24. The first-order valence-electron chi connectivity index (χ1n) is 7.87. The van der Waals surface area contributed by atoms with Crippen LogP contribution in [0.25, 0.3) is 0 Å². The van der Waals surface area contributed by atoms with Crippen LogP contribution < -0.4 is 0 Å². The topological polar surface area (TPSA) is 57.6 Å². The van der Waals surface area contributed by atoms with Crippen LogP contribution in [0.4, 0.5) is 0 Å². The molecule has 0 saturated carbocycles. The highest BCUT2D eigenvalue weighted by atomic mass is 16.3. The van der Waals surface area contributed by atoms with Crippen molar-refractivity contribution in [2.45, 2.75) is 54.4 Å². The molecule has 4 heteroatoms. The first-order chi connectivity index (χ1) is 9.44. The summed E-state index contributed by atoms with van der Waals surface area (Å²) in [6.45, 7) is 13.4. The molecule has 122 valence electrons. The summed E-state index contributed by atoms with van der Waals surface area (Å²) in [7, 11) is 0. The second-order valence-corrected chi connectivity index (χ2v) is 8.63. The lowest BCUT2D eigenvalue weighted by Crippen LogP contribution is -2.53. The SMILES string of the molecule is CC(C)(C)CC1CN(C(=O)C(CO)CC(=O)C(C)(C)C)C1. The van der Waals surface area contributed by atoms with Crippen LogP contribution in [0.15, 0.2) is 0 Å². The number of rotatable bonds is 5. The standard InChI is InChI=1S/C17H31NO3/c1-16(2,3)8-12-9-18(10-12)15(21)13(11-19)7-14(20)17(4,5)6/h12-13,19H,7-11H2,1-6H3. The van der Waals surface area contributed by atoms with E-state index in [0.29, 0.717) is 5.92 Å². The third-order valence-corrected chi connectivity index (χ3v) is 4.01. The maximum absolute atomic E-state index is 12.3. The average Bonchev–Trinajstić information content (AvgIpc) is 2.26. The minimum absolute atomic E-state index is 0.0293. The van der Waals surface area contributed by atoms with Crippen LogP contribution in [0.2, 0.25) is 0 Å². The Kier molecular flexibility index (Phi) is 5.59. The molecule has 1 aliphatic heterocycles. The van der Waals surface area contributed by atoms with Crippen LogP contribution >= 0.6 is 0 Å². The van der Waals surface area contributed by atoms with Crippen LogP contribution in [0.3, 0.4) is 0 Å². The summed E-state index contributed by atoms with van der Waals surface area (Å²) in [5, 5.41) is 9.43. The fourth-order valence-electron chi connectivity index (χ4n) is 2.76. The number of hydrogen-bond donors (Lipinski definition) is 1. The zero-order valence-corrected chi connectivity index (χ0v) is 14.4. The van der Waals surface area contributed by atoms with Gasteiger partial charge in [0.15, 0.2) is 0 Å². The van der Waals surface area contributed by atoms with Gasteiger partial charge >= 0.3 is 0 Å². The van der Waals surface area contributed by atoms with Crippen LogP contribution in [-0.4, -0.2) is 41.4 Å². The number of amides is 1. The number of hydrogen-bond acceptors (Lipinski definition) is 3. The quantitative estimate of drug-likeness (QED) is 0.848. The third-order valence-electron chi connectivity index (χ3n) is 4.01. The Morgan fingerprint density at radius 1 is 1.14 bits per heavy atom. The molecule has 1 saturated heterocycles. The zero-order valence-electron chi connectivity index (χ0n) is 14.4. The van der Waals surface area contributed by atoms with Crippen molar-refractivity contribution >= 4 is 11.7 Å². The van der Waals surface area contributed by atoms with E-state index in [1.807, 2.05) is 20.8 Å². The number of nitrogens with zero attached hydrogens (tertiary/aromatic N) is 1. The number of carbonyl (C=O) groups is 2. The van der Waals surface area contributed by atoms with Gasteiger partial charge in [-0.05, 0) is 17.8 Å². The molecule has 0 aliphatic carbocycles. The van der Waals surface area contributed by atoms with Gasteiger partial charge < -0.3 is 10.0 Å². The van der Waals surface area contributed by atoms with E-state index in [2.05, 4.69) is 20.8 Å². The largest absolute Gasteiger partial charge is 0.396 e. The van der Waals surface area contributed by atoms with Gasteiger partial charge in [-0.2, -0.15) is 0 Å². The van der Waals surface area contributed by atoms with Crippen LogP contribution in [0.5, 0.6) is 0 Å². The molecular weight excluding hydrogens is 266 g/mol. The molecule has 1 atom stereocenters. The van der Waals surface area contributed by atoms with Gasteiger partial charge in [0.25, 0.3) is 0 Å². The summed E-state index contributed by atoms with van der Waals surface area (Å²) >= 11 is 0. The fraction of sp³-hybridized carbons (Fsp3) is 0.882. The minimum atomic E-state index is -0.577. The van der Waals surface area contributed by atoms with Crippen LogP contribution in [0, 0.1) is 22.7 Å². The van der Waals surface area contributed by atoms with Gasteiger partial charge in [0, 0.05) is 24.9 Å². The van der Waals surface area contributed by atoms with E-state index in [1.54, 1.807) is 4.90 Å². The molecule has 1 N–H and O–H groups in total. The molecule has 0 aromatic carbocycles. The normalized spacial score (nSPS) is 18.3. The first-order valence-corrected chi connectivity index (χ1v) is 7.87. The molecule has 1 fully saturated rings. The van der Waals surface area contributed by atoms with E-state index in [4.69, 9.17) is 0 Å². The van der Waals surface area contributed by atoms with E-state index < -0.39 is 11.3 Å². The van der Waals surface area contributed by atoms with Gasteiger partial charge in [0.2, 0.25) is 5.91 Å². The third kappa shape index (κ3) is 5.42. The molecule has 0 radical (unpaired) electrons. The molecule has 4 nitrogen and oxygen atoms in total. The molecule has 1 heterocycles. The van der Waals surface area contributed by atoms with Gasteiger partial charge in [0.1, 0.15) is 5.78 Å². The van der Waals surface area contributed by atoms with Crippen molar-refractivity contribution in [3.8, 4) is 0 Å². The zero-order chi connectivity index (χ0) is 16.4. The summed E-state index contributed by atoms with van der Waals surface area (Å²) in [5.41, 5.74) is -0.185. The molecule has 0 bridgehead atoms. The Bertz CT molecular complexity index is 384. The highest BCUT2D eigenvalue weighted by Crippen LogP contribution is 2.31. The number of aliphatic hydroxyl groups excluding tert-OH is 1. The van der Waals surface area contributed by atoms with Gasteiger partial charge in [-0.3, -0.25) is 9.59 Å². The molecule has 0 aromatic heterocycles. The van der Waals surface area contributed by atoms with Crippen molar-refractivity contribution in [2.24, 2.45) is 22.7 Å². The summed E-state index contributed by atoms with van der Waals surface area (Å²) in [6, 6.07) is 0. The average molecular weight is 297 g/mol. The van der Waals surface area contributed by atoms with E-state index in [9.17, 15) is 14.7 Å². The molecule has 1 amide bonds. The fourth-order valence-corrected chi connectivity index (χ4v) is 2.76. The van der Waals surface area contributed by atoms with Crippen LogP contribution in [-0.2, 0) is 9.59 Å². The molecule has 21 heavy (non-hydrogen) atoms. The van der Waals surface area contributed by atoms with Crippen molar-refractivity contribution in [1.29, 1.82) is 0 Å². The molecule has 1 aliphatic rings. The molecule has 0 spiro atoms. The Hall–Kier alpha value is -0.900. The Labute approximate surface area is 128 Å². The molecular formula is C17H31NO3. The molecule has 0 aromatic rings. The minimum Gasteiger partial charge on any atom is -0.396 e. The van der Waals surface area contributed by atoms with Gasteiger partial charge in [-0.15, -0.1) is 0 Å². The number of likely N-dealkylation sites (tertiary alicyclic amines) is 1. The smallest absolute Gasteiger partial charge is 0.228 e. The lowest BCUT2D eigenvalue weighted by molar-refractivity contribution is -0.147. The van der Waals surface area contributed by atoms with E-state index in [-0.39, 0.29) is 30.1 Å². The van der Waals surface area contributed by atoms with E-state index in [0.717, 1.165) is 19.5 Å². The van der Waals surface area contributed by atoms with Gasteiger partial charge in [0.05, 0.1) is 12.5 Å². The highest BCUT2D eigenvalue weighted by Gasteiger charge is 2.37. The Balaban J connectivity index is 2.49. The number of aliphatic hydroxyl groups is 1. The van der Waals surface area contributed by atoms with E-state index in [1.165, 1.54) is 0 Å². The van der Waals surface area contributed by atoms with Crippen LogP contribution in [0.1, 0.15) is 54.4 Å². The van der Waals surface area contributed by atoms with Gasteiger partial charge in [-0.1, -0.05) is 41.5 Å². The van der Waals surface area contributed by atoms with E-state index >= 15 is 0 Å². The Morgan fingerprint density at radius 2 is 1.67 bits per heavy atom. The monoisotopic (exact) mass is 297 g/mol. The second kappa shape index (κ2) is 6.47. The summed E-state index contributed by atoms with van der Waals surface area (Å²) < 4.78 is 0. The summed E-state index contributed by atoms with van der Waals surface area (Å²) in [5.74, 6) is -0.0687. The van der Waals surface area contributed by atoms with Crippen molar-refractivity contribution in [1.82, 2.24) is 4.90 Å². The van der Waals surface area contributed by atoms with Crippen molar-refractivity contribution in [3.63, 3.8) is 0 Å². The second-order valence-electron chi connectivity index (χ2n) is 8.63. The maximum atomic E-state index is 12.3. The first kappa shape index (κ1) is 18.1. The summed E-state index contributed by atoms with van der Waals surface area (Å²) in [4.78, 5) is 26.2. The predicted molar refractivity (Wildman–Crippen MR) is 83.8 cm³/mol. The lowest BCUT2D eigenvalue weighted by Gasteiger charge is -2.43. The predicted octanol–water partition coefficient (Wildman–Crippen LogP) is 2.49. The van der Waals surface area contributed by atoms with Crippen molar-refractivity contribution < 1.29 is 14.7 Å². The Morgan fingerprint density at radius 3 is 2.05 bits per heavy atom. The highest BCUT2D eigenvalue weighted by molar-refractivity contribution is 5.89. The van der Waals surface area contributed by atoms with Crippen molar-refractivity contribution in [2.75, 3.05) is 19.7 Å². The number of Topliss-reactive ketones (excluding diaryl/α,β-unsaturated/α-hetero) is 1. The van der Waals surface area contributed by atoms with Gasteiger partial charge in [-0.25, -0.2) is 0 Å². The molecule has 1 unspecified atom stereocenters. The number of carbonyl (C=O) groups excluding carboxylic acids is 2. The van der Waals surface area contributed by atoms with Crippen molar-refractivity contribution in [3.05, 3.63) is 0 Å².